The van der Waals surface area contributed by atoms with Gasteiger partial charge in [0.05, 0.1) is 11.5 Å². The minimum absolute atomic E-state index is 0.0158. The van der Waals surface area contributed by atoms with Crippen LogP contribution in [0.1, 0.15) is 29.3 Å². The molecule has 3 rings (SSSR count). The van der Waals surface area contributed by atoms with E-state index in [2.05, 4.69) is 11.8 Å². The van der Waals surface area contributed by atoms with Crippen LogP contribution in [0.2, 0.25) is 0 Å². The molecule has 1 aliphatic heterocycles. The van der Waals surface area contributed by atoms with Crippen LogP contribution in [-0.2, 0) is 0 Å². The Hall–Kier alpha value is -3.09. The van der Waals surface area contributed by atoms with Crippen molar-refractivity contribution in [2.75, 3.05) is 37.7 Å². The highest BCUT2D eigenvalue weighted by atomic mass is 16.6. The van der Waals surface area contributed by atoms with Crippen molar-refractivity contribution in [1.29, 1.82) is 0 Å². The molecule has 28 heavy (non-hydrogen) atoms. The van der Waals surface area contributed by atoms with E-state index in [9.17, 15) is 14.9 Å². The molecule has 2 aromatic carbocycles. The molecular formula is C21H25N3O4. The summed E-state index contributed by atoms with van der Waals surface area (Å²) in [7, 11) is 0. The van der Waals surface area contributed by atoms with Gasteiger partial charge >= 0.3 is 0 Å². The highest BCUT2D eigenvalue weighted by Gasteiger charge is 2.23. The highest BCUT2D eigenvalue weighted by molar-refractivity contribution is 5.94. The molecule has 0 aliphatic carbocycles. The van der Waals surface area contributed by atoms with Gasteiger partial charge in [-0.3, -0.25) is 14.9 Å². The summed E-state index contributed by atoms with van der Waals surface area (Å²) < 4.78 is 5.56. The van der Waals surface area contributed by atoms with Crippen molar-refractivity contribution >= 4 is 17.3 Å². The number of carbonyl (C=O) groups excluding carboxylic acids is 1. The second kappa shape index (κ2) is 8.73. The molecule has 1 heterocycles. The predicted molar refractivity (Wildman–Crippen MR) is 108 cm³/mol. The lowest BCUT2D eigenvalue weighted by Gasteiger charge is -2.36. The monoisotopic (exact) mass is 383 g/mol. The molecule has 1 fully saturated rings. The van der Waals surface area contributed by atoms with Crippen LogP contribution in [-0.4, -0.2) is 48.5 Å². The number of hydrogen-bond acceptors (Lipinski definition) is 5. The van der Waals surface area contributed by atoms with Gasteiger partial charge < -0.3 is 14.5 Å². The van der Waals surface area contributed by atoms with Gasteiger partial charge in [-0.2, -0.15) is 0 Å². The summed E-state index contributed by atoms with van der Waals surface area (Å²) in [5.74, 6) is 0.791. The Labute approximate surface area is 164 Å². The third kappa shape index (κ3) is 4.42. The van der Waals surface area contributed by atoms with Crippen LogP contribution in [0, 0.1) is 17.0 Å². The lowest BCUT2D eigenvalue weighted by atomic mass is 10.1. The maximum absolute atomic E-state index is 12.7. The van der Waals surface area contributed by atoms with Crippen LogP contribution < -0.4 is 9.64 Å². The molecule has 0 saturated carbocycles. The van der Waals surface area contributed by atoms with Crippen LogP contribution in [0.4, 0.5) is 11.4 Å². The van der Waals surface area contributed by atoms with Gasteiger partial charge in [-0.25, -0.2) is 0 Å². The van der Waals surface area contributed by atoms with Crippen molar-refractivity contribution in [3.63, 3.8) is 0 Å². The molecule has 148 valence electrons. The quantitative estimate of drug-likeness (QED) is 0.562. The van der Waals surface area contributed by atoms with Crippen molar-refractivity contribution in [3.05, 3.63) is 63.7 Å². The number of hydrogen-bond donors (Lipinski definition) is 0. The number of amides is 1. The number of anilines is 1. The zero-order chi connectivity index (χ0) is 20.1. The molecule has 0 N–H and O–H groups in total. The summed E-state index contributed by atoms with van der Waals surface area (Å²) in [6.45, 7) is 7.21. The van der Waals surface area contributed by atoms with Crippen molar-refractivity contribution < 1.29 is 14.5 Å². The topological polar surface area (TPSA) is 75.9 Å². The number of nitro benzene ring substituents is 1. The van der Waals surface area contributed by atoms with E-state index in [0.29, 0.717) is 38.3 Å². The molecule has 2 aromatic rings. The fourth-order valence-corrected chi connectivity index (χ4v) is 3.35. The van der Waals surface area contributed by atoms with E-state index in [4.69, 9.17) is 4.74 Å². The lowest BCUT2D eigenvalue weighted by molar-refractivity contribution is -0.384. The number of nitrogens with zero attached hydrogens (tertiary/aromatic N) is 3. The molecule has 7 heteroatoms. The van der Waals surface area contributed by atoms with E-state index in [1.165, 1.54) is 6.07 Å². The molecule has 0 bridgehead atoms. The summed E-state index contributed by atoms with van der Waals surface area (Å²) in [5, 5.41) is 10.9. The fourth-order valence-electron chi connectivity index (χ4n) is 3.35. The Morgan fingerprint density at radius 3 is 2.36 bits per heavy atom. The van der Waals surface area contributed by atoms with Gasteiger partial charge in [0.15, 0.2) is 0 Å². The normalized spacial score (nSPS) is 14.1. The number of nitro groups is 1. The van der Waals surface area contributed by atoms with Gasteiger partial charge in [0.25, 0.3) is 11.6 Å². The standard InChI is InChI=1S/C21H25N3O4/c1-3-14-28-19-7-4-17(5-8-19)21(25)23-12-10-22(11-13-23)20-9-6-18(24(26)27)15-16(20)2/h4-9,15H,3,10-14H2,1-2H3. The van der Waals surface area contributed by atoms with Crippen molar-refractivity contribution in [2.45, 2.75) is 20.3 Å². The van der Waals surface area contributed by atoms with E-state index in [1.807, 2.05) is 24.0 Å². The number of carbonyl (C=O) groups is 1. The highest BCUT2D eigenvalue weighted by Crippen LogP contribution is 2.26. The molecule has 1 saturated heterocycles. The van der Waals surface area contributed by atoms with Gasteiger partial charge in [-0.05, 0) is 49.2 Å². The number of piperazine rings is 1. The smallest absolute Gasteiger partial charge is 0.269 e. The largest absolute Gasteiger partial charge is 0.494 e. The molecule has 0 radical (unpaired) electrons. The second-order valence-electron chi connectivity index (χ2n) is 6.88. The third-order valence-electron chi connectivity index (χ3n) is 4.87. The lowest BCUT2D eigenvalue weighted by Crippen LogP contribution is -2.49. The zero-order valence-corrected chi connectivity index (χ0v) is 16.3. The Kier molecular flexibility index (Phi) is 6.13. The Morgan fingerprint density at radius 2 is 1.79 bits per heavy atom. The van der Waals surface area contributed by atoms with Crippen LogP contribution in [0.3, 0.4) is 0 Å². The maximum Gasteiger partial charge on any atom is 0.269 e. The molecule has 0 unspecified atom stereocenters. The molecule has 7 nitrogen and oxygen atoms in total. The Bertz CT molecular complexity index is 843. The van der Waals surface area contributed by atoms with Gasteiger partial charge in [0, 0.05) is 49.6 Å². The number of aryl methyl sites for hydroxylation is 1. The number of non-ortho nitro benzene ring substituents is 1. The summed E-state index contributed by atoms with van der Waals surface area (Å²) in [6.07, 6.45) is 0.944. The van der Waals surface area contributed by atoms with Crippen molar-refractivity contribution in [2.24, 2.45) is 0 Å². The Balaban J connectivity index is 1.60. The molecule has 1 aliphatic rings. The second-order valence-corrected chi connectivity index (χ2v) is 6.88. The van der Waals surface area contributed by atoms with Crippen LogP contribution in [0.15, 0.2) is 42.5 Å². The van der Waals surface area contributed by atoms with Crippen LogP contribution in [0.5, 0.6) is 5.75 Å². The van der Waals surface area contributed by atoms with Crippen molar-refractivity contribution in [1.82, 2.24) is 4.90 Å². The molecule has 0 aromatic heterocycles. The van der Waals surface area contributed by atoms with E-state index < -0.39 is 0 Å². The number of benzene rings is 2. The molecule has 0 atom stereocenters. The van der Waals surface area contributed by atoms with Crippen molar-refractivity contribution in [3.8, 4) is 5.75 Å². The molecule has 1 amide bonds. The summed E-state index contributed by atoms with van der Waals surface area (Å²) in [4.78, 5) is 27.3. The first-order valence-corrected chi connectivity index (χ1v) is 9.51. The van der Waals surface area contributed by atoms with Crippen LogP contribution >= 0.6 is 0 Å². The van der Waals surface area contributed by atoms with Gasteiger partial charge in [-0.15, -0.1) is 0 Å². The first-order chi connectivity index (χ1) is 13.5. The zero-order valence-electron chi connectivity index (χ0n) is 16.3. The summed E-state index contributed by atoms with van der Waals surface area (Å²) >= 11 is 0. The average molecular weight is 383 g/mol. The first kappa shape index (κ1) is 19.7. The summed E-state index contributed by atoms with van der Waals surface area (Å²) in [5.41, 5.74) is 2.61. The van der Waals surface area contributed by atoms with E-state index in [1.54, 1.807) is 24.3 Å². The third-order valence-corrected chi connectivity index (χ3v) is 4.87. The fraction of sp³-hybridized carbons (Fsp3) is 0.381. The number of rotatable bonds is 6. The molecular weight excluding hydrogens is 358 g/mol. The van der Waals surface area contributed by atoms with Crippen LogP contribution in [0.25, 0.3) is 0 Å². The van der Waals surface area contributed by atoms with E-state index in [0.717, 1.165) is 23.4 Å². The van der Waals surface area contributed by atoms with E-state index >= 15 is 0 Å². The van der Waals surface area contributed by atoms with E-state index in [-0.39, 0.29) is 16.5 Å². The molecule has 0 spiro atoms. The minimum atomic E-state index is -0.383. The maximum atomic E-state index is 12.7. The predicted octanol–water partition coefficient (Wildman–Crippen LogP) is 3.65. The summed E-state index contributed by atoms with van der Waals surface area (Å²) in [6, 6.07) is 12.2. The minimum Gasteiger partial charge on any atom is -0.494 e. The number of ether oxygens (including phenoxy) is 1. The first-order valence-electron chi connectivity index (χ1n) is 9.51. The Morgan fingerprint density at radius 1 is 1.11 bits per heavy atom. The van der Waals surface area contributed by atoms with Gasteiger partial charge in [0.2, 0.25) is 0 Å². The average Bonchev–Trinajstić information content (AvgIpc) is 2.72. The van der Waals surface area contributed by atoms with Gasteiger partial charge in [0.1, 0.15) is 5.75 Å². The van der Waals surface area contributed by atoms with Gasteiger partial charge in [-0.1, -0.05) is 6.92 Å². The SMILES string of the molecule is CCCOc1ccc(C(=O)N2CCN(c3ccc([N+](=O)[O-])cc3C)CC2)cc1.